The highest BCUT2D eigenvalue weighted by Gasteiger charge is 2.12. The zero-order valence-corrected chi connectivity index (χ0v) is 11.9. The molecule has 6 heteroatoms. The number of amides is 1. The van der Waals surface area contributed by atoms with Crippen LogP contribution in [-0.2, 0) is 0 Å². The first-order chi connectivity index (χ1) is 8.97. The molecule has 0 aliphatic carbocycles. The summed E-state index contributed by atoms with van der Waals surface area (Å²) in [6, 6.07) is 9.46. The number of nitrogen functional groups attached to an aromatic ring is 1. The number of rotatable bonds is 2. The number of hydrogen-bond donors (Lipinski definition) is 2. The number of halogens is 3. The summed E-state index contributed by atoms with van der Waals surface area (Å²) in [5.74, 6) is -0.387. The van der Waals surface area contributed by atoms with E-state index in [-0.39, 0.29) is 11.5 Å². The quantitative estimate of drug-likeness (QED) is 0.803. The van der Waals surface area contributed by atoms with Crippen LogP contribution in [0, 0.1) is 0 Å². The molecule has 19 heavy (non-hydrogen) atoms. The first-order valence-corrected chi connectivity index (χ1v) is 6.42. The van der Waals surface area contributed by atoms with E-state index in [0.29, 0.717) is 26.4 Å². The molecule has 2 aromatic carbocycles. The summed E-state index contributed by atoms with van der Waals surface area (Å²) in [7, 11) is 0. The number of hydrogen-bond acceptors (Lipinski definition) is 2. The molecule has 0 spiro atoms. The van der Waals surface area contributed by atoms with Crippen LogP contribution in [0.1, 0.15) is 10.4 Å². The lowest BCUT2D eigenvalue weighted by Gasteiger charge is -2.09. The Morgan fingerprint density at radius 2 is 1.63 bits per heavy atom. The number of nitrogens with one attached hydrogen (secondary N) is 1. The van der Waals surface area contributed by atoms with Crippen LogP contribution in [0.25, 0.3) is 0 Å². The van der Waals surface area contributed by atoms with Crippen molar-refractivity contribution in [3.63, 3.8) is 0 Å². The first-order valence-electron chi connectivity index (χ1n) is 5.29. The van der Waals surface area contributed by atoms with E-state index in [1.807, 2.05) is 0 Å². The van der Waals surface area contributed by atoms with Crippen molar-refractivity contribution in [2.45, 2.75) is 0 Å². The molecule has 0 saturated carbocycles. The summed E-state index contributed by atoms with van der Waals surface area (Å²) in [6.45, 7) is 0. The summed E-state index contributed by atoms with van der Waals surface area (Å²) < 4.78 is 0. The average Bonchev–Trinajstić information content (AvgIpc) is 2.35. The third-order valence-corrected chi connectivity index (χ3v) is 3.23. The summed E-state index contributed by atoms with van der Waals surface area (Å²) in [6.07, 6.45) is 0. The fourth-order valence-corrected chi connectivity index (χ4v) is 2.06. The lowest BCUT2D eigenvalue weighted by atomic mass is 10.2. The van der Waals surface area contributed by atoms with Crippen LogP contribution in [0.15, 0.2) is 36.4 Å². The molecule has 1 amide bonds. The van der Waals surface area contributed by atoms with Gasteiger partial charge in [0.15, 0.2) is 0 Å². The van der Waals surface area contributed by atoms with Crippen LogP contribution in [0.3, 0.4) is 0 Å². The highest BCUT2D eigenvalue weighted by Crippen LogP contribution is 2.25. The Morgan fingerprint density at radius 3 is 2.32 bits per heavy atom. The molecule has 3 nitrogen and oxygen atoms in total. The third-order valence-electron chi connectivity index (χ3n) is 2.43. The van der Waals surface area contributed by atoms with Gasteiger partial charge in [-0.3, -0.25) is 4.79 Å². The summed E-state index contributed by atoms with van der Waals surface area (Å²) in [5.41, 5.74) is 6.88. The van der Waals surface area contributed by atoms with Gasteiger partial charge in [-0.2, -0.15) is 0 Å². The molecule has 0 saturated heterocycles. The molecular weight excluding hydrogens is 307 g/mol. The maximum Gasteiger partial charge on any atom is 0.257 e. The van der Waals surface area contributed by atoms with E-state index >= 15 is 0 Å². The van der Waals surface area contributed by atoms with Gasteiger partial charge >= 0.3 is 0 Å². The topological polar surface area (TPSA) is 55.1 Å². The minimum absolute atomic E-state index is 0.281. The van der Waals surface area contributed by atoms with Gasteiger partial charge in [-0.15, -0.1) is 0 Å². The van der Waals surface area contributed by atoms with Gasteiger partial charge < -0.3 is 11.1 Å². The van der Waals surface area contributed by atoms with Gasteiger partial charge in [-0.05, 0) is 36.4 Å². The van der Waals surface area contributed by atoms with Crippen molar-refractivity contribution in [3.05, 3.63) is 57.0 Å². The molecule has 0 aliphatic rings. The van der Waals surface area contributed by atoms with Gasteiger partial charge in [0.2, 0.25) is 0 Å². The molecule has 2 rings (SSSR count). The standard InChI is InChI=1S/C13H9Cl3N2O/c14-7-1-3-10(16)9(5-7)13(19)18-12-4-2-8(15)6-11(12)17/h1-6H,17H2,(H,18,19). The van der Waals surface area contributed by atoms with Gasteiger partial charge in [0.1, 0.15) is 0 Å². The highest BCUT2D eigenvalue weighted by atomic mass is 35.5. The molecule has 0 aromatic heterocycles. The Bertz CT molecular complexity index is 644. The monoisotopic (exact) mass is 314 g/mol. The predicted molar refractivity (Wildman–Crippen MR) is 80.3 cm³/mol. The highest BCUT2D eigenvalue weighted by molar-refractivity contribution is 6.36. The fraction of sp³-hybridized carbons (Fsp3) is 0. The Kier molecular flexibility index (Phi) is 4.20. The van der Waals surface area contributed by atoms with Crippen LogP contribution < -0.4 is 11.1 Å². The Labute approximate surface area is 125 Å². The van der Waals surface area contributed by atoms with Crippen LogP contribution in [-0.4, -0.2) is 5.91 Å². The molecular formula is C13H9Cl3N2O. The zero-order valence-electron chi connectivity index (χ0n) is 9.58. The molecule has 0 fully saturated rings. The third kappa shape index (κ3) is 3.32. The Hall–Kier alpha value is -1.42. The normalized spacial score (nSPS) is 10.3. The minimum atomic E-state index is -0.387. The van der Waals surface area contributed by atoms with E-state index in [1.54, 1.807) is 30.3 Å². The number of carbonyl (C=O) groups excluding carboxylic acids is 1. The van der Waals surface area contributed by atoms with Crippen LogP contribution in [0.4, 0.5) is 11.4 Å². The molecule has 2 aromatic rings. The maximum absolute atomic E-state index is 12.1. The van der Waals surface area contributed by atoms with Gasteiger partial charge in [-0.1, -0.05) is 34.8 Å². The molecule has 3 N–H and O–H groups in total. The molecule has 0 unspecified atom stereocenters. The van der Waals surface area contributed by atoms with Crippen molar-refractivity contribution in [2.24, 2.45) is 0 Å². The fourth-order valence-electron chi connectivity index (χ4n) is 1.51. The Balaban J connectivity index is 2.28. The lowest BCUT2D eigenvalue weighted by molar-refractivity contribution is 0.102. The number of benzene rings is 2. The second-order valence-electron chi connectivity index (χ2n) is 3.81. The lowest BCUT2D eigenvalue weighted by Crippen LogP contribution is -2.13. The van der Waals surface area contributed by atoms with Crippen molar-refractivity contribution in [1.29, 1.82) is 0 Å². The molecule has 0 bridgehead atoms. The van der Waals surface area contributed by atoms with E-state index in [1.165, 1.54) is 6.07 Å². The molecule has 0 atom stereocenters. The summed E-state index contributed by atoms with van der Waals surface area (Å²) in [4.78, 5) is 12.1. The van der Waals surface area contributed by atoms with Crippen molar-refractivity contribution in [3.8, 4) is 0 Å². The molecule has 0 radical (unpaired) electrons. The van der Waals surface area contributed by atoms with Crippen LogP contribution in [0.2, 0.25) is 15.1 Å². The van der Waals surface area contributed by atoms with Gasteiger partial charge in [0.25, 0.3) is 5.91 Å². The minimum Gasteiger partial charge on any atom is -0.397 e. The number of anilines is 2. The van der Waals surface area contributed by atoms with Crippen LogP contribution >= 0.6 is 34.8 Å². The van der Waals surface area contributed by atoms with Crippen molar-refractivity contribution in [1.82, 2.24) is 0 Å². The van der Waals surface area contributed by atoms with E-state index in [9.17, 15) is 4.79 Å². The zero-order chi connectivity index (χ0) is 14.0. The van der Waals surface area contributed by atoms with Crippen LogP contribution in [0.5, 0.6) is 0 Å². The van der Waals surface area contributed by atoms with E-state index in [2.05, 4.69) is 5.32 Å². The number of carbonyl (C=O) groups is 1. The smallest absolute Gasteiger partial charge is 0.257 e. The van der Waals surface area contributed by atoms with Gasteiger partial charge in [0, 0.05) is 10.0 Å². The second kappa shape index (κ2) is 5.70. The molecule has 98 valence electrons. The van der Waals surface area contributed by atoms with Crippen molar-refractivity contribution in [2.75, 3.05) is 11.1 Å². The molecule has 0 heterocycles. The summed E-state index contributed by atoms with van der Waals surface area (Å²) >= 11 is 17.6. The van der Waals surface area contributed by atoms with Gasteiger partial charge in [-0.25, -0.2) is 0 Å². The van der Waals surface area contributed by atoms with E-state index in [4.69, 9.17) is 40.5 Å². The maximum atomic E-state index is 12.1. The van der Waals surface area contributed by atoms with Gasteiger partial charge in [0.05, 0.1) is 22.0 Å². The molecule has 0 aliphatic heterocycles. The Morgan fingerprint density at radius 1 is 1.00 bits per heavy atom. The van der Waals surface area contributed by atoms with E-state index < -0.39 is 0 Å². The average molecular weight is 316 g/mol. The summed E-state index contributed by atoms with van der Waals surface area (Å²) in [5, 5.41) is 3.90. The first kappa shape index (κ1) is 14.0. The van der Waals surface area contributed by atoms with Crippen molar-refractivity contribution >= 4 is 52.1 Å². The largest absolute Gasteiger partial charge is 0.397 e. The SMILES string of the molecule is Nc1cc(Cl)ccc1NC(=O)c1cc(Cl)ccc1Cl. The predicted octanol–water partition coefficient (Wildman–Crippen LogP) is 4.48. The second-order valence-corrected chi connectivity index (χ2v) is 5.09. The van der Waals surface area contributed by atoms with E-state index in [0.717, 1.165) is 0 Å². The number of nitrogens with two attached hydrogens (primary N) is 1. The van der Waals surface area contributed by atoms with Crippen molar-refractivity contribution < 1.29 is 4.79 Å².